The number of hydroxylamine groups is 1. The third-order valence-electron chi connectivity index (χ3n) is 2.74. The van der Waals surface area contributed by atoms with Gasteiger partial charge in [-0.05, 0) is 20.8 Å². The van der Waals surface area contributed by atoms with Crippen LogP contribution in [0.2, 0.25) is 0 Å². The Morgan fingerprint density at radius 1 is 1.35 bits per heavy atom. The van der Waals surface area contributed by atoms with E-state index in [1.165, 1.54) is 0 Å². The second kappa shape index (κ2) is 4.41. The summed E-state index contributed by atoms with van der Waals surface area (Å²) in [6, 6.07) is 0. The Labute approximate surface area is 100 Å². The first-order chi connectivity index (χ1) is 7.90. The molecule has 0 unspecified atom stereocenters. The van der Waals surface area contributed by atoms with E-state index in [9.17, 15) is 4.79 Å². The lowest BCUT2D eigenvalue weighted by Crippen LogP contribution is -2.52. The molecule has 2 N–H and O–H groups in total. The van der Waals surface area contributed by atoms with Crippen LogP contribution in [0.5, 0.6) is 0 Å². The molecule has 0 aromatic carbocycles. The fourth-order valence-electron chi connectivity index (χ4n) is 1.82. The quantitative estimate of drug-likeness (QED) is 0.654. The van der Waals surface area contributed by atoms with Crippen molar-refractivity contribution in [3.63, 3.8) is 0 Å². The maximum Gasteiger partial charge on any atom is 0.410 e. The summed E-state index contributed by atoms with van der Waals surface area (Å²) in [5.74, 6) is 0. The summed E-state index contributed by atoms with van der Waals surface area (Å²) in [4.78, 5) is 23.5. The molecule has 0 aromatic rings. The van der Waals surface area contributed by atoms with Gasteiger partial charge in [-0.1, -0.05) is 5.64 Å². The molecule has 98 valence electrons. The number of carbonyl (C=O) groups excluding carboxylic acids is 1. The minimum atomic E-state index is -0.515. The normalized spacial score (nSPS) is 24.1. The molecule has 1 spiro atoms. The van der Waals surface area contributed by atoms with Crippen LogP contribution >= 0.6 is 0 Å². The molecule has 0 aromatic heterocycles. The van der Waals surface area contributed by atoms with Crippen LogP contribution in [-0.2, 0) is 14.5 Å². The minimum Gasteiger partial charge on any atom is -0.444 e. The summed E-state index contributed by atoms with van der Waals surface area (Å²) >= 11 is 0. The highest BCUT2D eigenvalue weighted by Gasteiger charge is 2.42. The topological polar surface area (TPSA) is 72.1 Å². The van der Waals surface area contributed by atoms with Gasteiger partial charge in [0.2, 0.25) is 0 Å². The molecule has 0 aliphatic carbocycles. The van der Waals surface area contributed by atoms with Crippen LogP contribution < -0.4 is 11.1 Å². The van der Waals surface area contributed by atoms with Crippen molar-refractivity contribution in [1.29, 1.82) is 0 Å². The van der Waals surface area contributed by atoms with Crippen molar-refractivity contribution < 1.29 is 19.3 Å². The fourth-order valence-corrected chi connectivity index (χ4v) is 1.82. The average Bonchev–Trinajstić information content (AvgIpc) is 2.65. The highest BCUT2D eigenvalue weighted by atomic mass is 17.0. The van der Waals surface area contributed by atoms with Crippen LogP contribution in [0.15, 0.2) is 0 Å². The van der Waals surface area contributed by atoms with Crippen molar-refractivity contribution in [3.05, 3.63) is 0 Å². The maximum absolute atomic E-state index is 11.8. The summed E-state index contributed by atoms with van der Waals surface area (Å²) < 4.78 is 5.31. The summed E-state index contributed by atoms with van der Waals surface area (Å²) in [7, 11) is 0. The number of nitrogens with zero attached hydrogens (tertiary/aromatic N) is 1. The van der Waals surface area contributed by atoms with E-state index in [4.69, 9.17) is 14.5 Å². The Hall–Kier alpha value is -0.890. The first-order valence-corrected chi connectivity index (χ1v) is 5.74. The number of ether oxygens (including phenoxy) is 1. The summed E-state index contributed by atoms with van der Waals surface area (Å²) in [5, 5.41) is 0. The number of amides is 1. The number of likely N-dealkylation sites (tertiary alicyclic amines) is 1. The van der Waals surface area contributed by atoms with Crippen molar-refractivity contribution in [3.8, 4) is 0 Å². The molecule has 2 rings (SSSR count). The number of piperidine rings is 1. The molecule has 2 aliphatic rings. The van der Waals surface area contributed by atoms with Gasteiger partial charge >= 0.3 is 6.09 Å². The number of carbonyl (C=O) groups is 1. The third kappa shape index (κ3) is 3.06. The molecule has 2 heterocycles. The van der Waals surface area contributed by atoms with Crippen molar-refractivity contribution in [2.24, 2.45) is 0 Å². The molecular formula is C10H19N3O4. The van der Waals surface area contributed by atoms with Gasteiger partial charge in [-0.25, -0.2) is 4.79 Å². The Morgan fingerprint density at radius 3 is 2.47 bits per heavy atom. The summed E-state index contributed by atoms with van der Waals surface area (Å²) in [6.07, 6.45) is 1.03. The average molecular weight is 245 g/mol. The second-order valence-electron chi connectivity index (χ2n) is 5.35. The maximum atomic E-state index is 11.8. The first-order valence-electron chi connectivity index (χ1n) is 5.74. The molecule has 0 atom stereocenters. The van der Waals surface area contributed by atoms with Crippen molar-refractivity contribution >= 4 is 6.09 Å². The van der Waals surface area contributed by atoms with E-state index < -0.39 is 11.3 Å². The van der Waals surface area contributed by atoms with E-state index in [0.29, 0.717) is 25.9 Å². The van der Waals surface area contributed by atoms with E-state index >= 15 is 0 Å². The van der Waals surface area contributed by atoms with Crippen LogP contribution in [-0.4, -0.2) is 35.4 Å². The molecule has 0 radical (unpaired) electrons. The highest BCUT2D eigenvalue weighted by molar-refractivity contribution is 5.68. The lowest BCUT2D eigenvalue weighted by molar-refractivity contribution is -0.128. The zero-order valence-corrected chi connectivity index (χ0v) is 10.4. The van der Waals surface area contributed by atoms with Crippen LogP contribution in [0.1, 0.15) is 33.6 Å². The Morgan fingerprint density at radius 2 is 2.00 bits per heavy atom. The molecule has 7 heteroatoms. The zero-order valence-electron chi connectivity index (χ0n) is 10.4. The standard InChI is InChI=1S/C10H19N3O4/c1-9(2,3)15-8(14)13-6-4-10(5-7-13)11-17-12-16-10/h11-12H,4-7H2,1-3H3. The van der Waals surface area contributed by atoms with Gasteiger partial charge in [-0.2, -0.15) is 4.94 Å². The molecule has 7 nitrogen and oxygen atoms in total. The predicted molar refractivity (Wildman–Crippen MR) is 58.2 cm³/mol. The van der Waals surface area contributed by atoms with Gasteiger partial charge in [0, 0.05) is 25.9 Å². The monoisotopic (exact) mass is 245 g/mol. The van der Waals surface area contributed by atoms with E-state index in [1.807, 2.05) is 20.8 Å². The molecule has 2 saturated heterocycles. The lowest BCUT2D eigenvalue weighted by Gasteiger charge is -2.36. The Balaban J connectivity index is 1.84. The van der Waals surface area contributed by atoms with E-state index in [0.717, 1.165) is 0 Å². The van der Waals surface area contributed by atoms with Crippen LogP contribution in [0, 0.1) is 0 Å². The fraction of sp³-hybridized carbons (Fsp3) is 0.900. The number of hydrogen-bond donors (Lipinski definition) is 2. The minimum absolute atomic E-state index is 0.278. The van der Waals surface area contributed by atoms with Gasteiger partial charge in [-0.3, -0.25) is 4.84 Å². The first kappa shape index (κ1) is 12.6. The van der Waals surface area contributed by atoms with Gasteiger partial charge < -0.3 is 9.64 Å². The summed E-state index contributed by atoms with van der Waals surface area (Å²) in [5.41, 5.74) is 4.11. The molecule has 1 amide bonds. The third-order valence-corrected chi connectivity index (χ3v) is 2.74. The molecule has 0 bridgehead atoms. The van der Waals surface area contributed by atoms with E-state index in [1.54, 1.807) is 4.90 Å². The van der Waals surface area contributed by atoms with Crippen molar-refractivity contribution in [1.82, 2.24) is 16.0 Å². The SMILES string of the molecule is CC(C)(C)OC(=O)N1CCC2(CC1)NONO2. The lowest BCUT2D eigenvalue weighted by atomic mass is 10.0. The highest BCUT2D eigenvalue weighted by Crippen LogP contribution is 2.26. The molecule has 2 fully saturated rings. The predicted octanol–water partition coefficient (Wildman–Crippen LogP) is 0.685. The van der Waals surface area contributed by atoms with Gasteiger partial charge in [0.1, 0.15) is 5.60 Å². The van der Waals surface area contributed by atoms with E-state index in [2.05, 4.69) is 11.1 Å². The largest absolute Gasteiger partial charge is 0.444 e. The zero-order chi connectivity index (χ0) is 12.5. The number of nitrogens with one attached hydrogen (secondary N) is 2. The summed E-state index contributed by atoms with van der Waals surface area (Å²) in [6.45, 7) is 6.72. The molecule has 0 saturated carbocycles. The van der Waals surface area contributed by atoms with Gasteiger partial charge in [0.05, 0.1) is 0 Å². The molecule has 2 aliphatic heterocycles. The van der Waals surface area contributed by atoms with Gasteiger partial charge in [-0.15, -0.1) is 5.48 Å². The Bertz CT molecular complexity index is 286. The Kier molecular flexibility index (Phi) is 3.26. The van der Waals surface area contributed by atoms with Gasteiger partial charge in [0.15, 0.2) is 5.72 Å². The van der Waals surface area contributed by atoms with Gasteiger partial charge in [0.25, 0.3) is 0 Å². The van der Waals surface area contributed by atoms with Crippen LogP contribution in [0.4, 0.5) is 4.79 Å². The number of hydrogen-bond acceptors (Lipinski definition) is 6. The van der Waals surface area contributed by atoms with E-state index in [-0.39, 0.29) is 6.09 Å². The smallest absolute Gasteiger partial charge is 0.410 e. The van der Waals surface area contributed by atoms with Crippen molar-refractivity contribution in [2.75, 3.05) is 13.1 Å². The number of rotatable bonds is 0. The van der Waals surface area contributed by atoms with Crippen molar-refractivity contribution in [2.45, 2.75) is 44.9 Å². The second-order valence-corrected chi connectivity index (χ2v) is 5.35. The molecule has 17 heavy (non-hydrogen) atoms. The van der Waals surface area contributed by atoms with Crippen LogP contribution in [0.25, 0.3) is 0 Å². The van der Waals surface area contributed by atoms with Crippen LogP contribution in [0.3, 0.4) is 0 Å². The molecular weight excluding hydrogens is 226 g/mol.